The van der Waals surface area contributed by atoms with E-state index in [1.54, 1.807) is 12.1 Å². The Kier molecular flexibility index (Phi) is 2.98. The van der Waals surface area contributed by atoms with Gasteiger partial charge in [0.15, 0.2) is 0 Å². The predicted molar refractivity (Wildman–Crippen MR) is 77.1 cm³/mol. The molecule has 0 aliphatic rings. The van der Waals surface area contributed by atoms with Crippen molar-refractivity contribution in [2.75, 3.05) is 0 Å². The maximum absolute atomic E-state index is 12.0. The molecule has 0 fully saturated rings. The summed E-state index contributed by atoms with van der Waals surface area (Å²) in [6.45, 7) is 1.95. The van der Waals surface area contributed by atoms with E-state index < -0.39 is 10.5 Å². The highest BCUT2D eigenvalue weighted by Crippen LogP contribution is 2.21. The number of nitrogens with zero attached hydrogens (tertiary/aromatic N) is 2. The first-order valence-electron chi connectivity index (χ1n) is 6.21. The third kappa shape index (κ3) is 2.38. The van der Waals surface area contributed by atoms with Crippen LogP contribution in [0.1, 0.15) is 5.56 Å². The van der Waals surface area contributed by atoms with Gasteiger partial charge in [-0.3, -0.25) is 10.1 Å². The van der Waals surface area contributed by atoms with Gasteiger partial charge in [0.25, 0.3) is 5.69 Å². The third-order valence-electron chi connectivity index (χ3n) is 3.12. The molecular weight excluding hydrogens is 272 g/mol. The number of benzene rings is 2. The molecule has 0 spiro atoms. The van der Waals surface area contributed by atoms with E-state index in [0.29, 0.717) is 11.1 Å². The van der Waals surface area contributed by atoms with Crippen molar-refractivity contribution in [2.45, 2.75) is 6.92 Å². The van der Waals surface area contributed by atoms with Crippen LogP contribution in [0.25, 0.3) is 22.4 Å². The fourth-order valence-electron chi connectivity index (χ4n) is 1.99. The predicted octanol–water partition coefficient (Wildman–Crippen LogP) is 3.07. The van der Waals surface area contributed by atoms with Gasteiger partial charge in [0.2, 0.25) is 5.89 Å². The van der Waals surface area contributed by atoms with Crippen LogP contribution in [0.2, 0.25) is 0 Å². The molecule has 3 rings (SSSR count). The number of fused-ring (bicyclic) bond motifs is 1. The summed E-state index contributed by atoms with van der Waals surface area (Å²) in [5.41, 5.74) is 1.32. The summed E-state index contributed by atoms with van der Waals surface area (Å²) in [6.07, 6.45) is 0. The minimum absolute atomic E-state index is 0.0973. The van der Waals surface area contributed by atoms with Crippen molar-refractivity contribution in [3.8, 4) is 11.5 Å². The van der Waals surface area contributed by atoms with Crippen LogP contribution in [0.15, 0.2) is 51.7 Å². The van der Waals surface area contributed by atoms with E-state index >= 15 is 0 Å². The van der Waals surface area contributed by atoms with Gasteiger partial charge < -0.3 is 4.42 Å². The van der Waals surface area contributed by atoms with Crippen LogP contribution >= 0.6 is 0 Å². The minimum Gasteiger partial charge on any atom is -0.403 e. The van der Waals surface area contributed by atoms with Crippen LogP contribution in [0.3, 0.4) is 0 Å². The molecule has 0 saturated carbocycles. The van der Waals surface area contributed by atoms with Crippen LogP contribution in [-0.2, 0) is 0 Å². The first-order chi connectivity index (χ1) is 10.0. The normalized spacial score (nSPS) is 10.7. The van der Waals surface area contributed by atoms with Gasteiger partial charge in [0.1, 0.15) is 0 Å². The lowest BCUT2D eigenvalue weighted by Gasteiger charge is -2.02. The molecule has 21 heavy (non-hydrogen) atoms. The van der Waals surface area contributed by atoms with Gasteiger partial charge in [0.05, 0.1) is 15.8 Å². The van der Waals surface area contributed by atoms with E-state index in [2.05, 4.69) is 4.98 Å². The molecule has 6 heteroatoms. The molecule has 0 aliphatic heterocycles. The Morgan fingerprint density at radius 1 is 1.14 bits per heavy atom. The summed E-state index contributed by atoms with van der Waals surface area (Å²) in [5.74, 6) is 0.196. The van der Waals surface area contributed by atoms with E-state index in [-0.39, 0.29) is 17.0 Å². The van der Waals surface area contributed by atoms with Gasteiger partial charge in [-0.05, 0) is 25.1 Å². The van der Waals surface area contributed by atoms with Gasteiger partial charge in [-0.2, -0.15) is 0 Å². The van der Waals surface area contributed by atoms with E-state index in [4.69, 9.17) is 4.42 Å². The van der Waals surface area contributed by atoms with Crippen molar-refractivity contribution in [1.82, 2.24) is 4.98 Å². The molecule has 0 radical (unpaired) electrons. The maximum Gasteiger partial charge on any atom is 0.347 e. The van der Waals surface area contributed by atoms with E-state index in [0.717, 1.165) is 5.56 Å². The Hall–Kier alpha value is -3.02. The number of aromatic nitrogens is 1. The second kappa shape index (κ2) is 4.82. The Balaban J connectivity index is 2.20. The zero-order valence-corrected chi connectivity index (χ0v) is 11.1. The number of aryl methyl sites for hydroxylation is 1. The van der Waals surface area contributed by atoms with E-state index in [1.165, 1.54) is 18.2 Å². The highest BCUT2D eigenvalue weighted by atomic mass is 16.6. The van der Waals surface area contributed by atoms with Crippen molar-refractivity contribution in [3.05, 3.63) is 68.6 Å². The molecule has 0 aliphatic carbocycles. The smallest absolute Gasteiger partial charge is 0.347 e. The first kappa shape index (κ1) is 13.0. The lowest BCUT2D eigenvalue weighted by Crippen LogP contribution is -2.03. The van der Waals surface area contributed by atoms with Gasteiger partial charge >= 0.3 is 5.63 Å². The first-order valence-corrected chi connectivity index (χ1v) is 6.21. The van der Waals surface area contributed by atoms with Crippen molar-refractivity contribution in [3.63, 3.8) is 0 Å². The Labute approximate surface area is 118 Å². The average Bonchev–Trinajstić information content (AvgIpc) is 2.47. The fraction of sp³-hybridized carbons (Fsp3) is 0.0667. The number of hydrogen-bond donors (Lipinski definition) is 0. The van der Waals surface area contributed by atoms with E-state index in [1.807, 2.05) is 19.1 Å². The topological polar surface area (TPSA) is 86.2 Å². The van der Waals surface area contributed by atoms with Crippen LogP contribution in [0, 0.1) is 17.0 Å². The second-order valence-corrected chi connectivity index (χ2v) is 4.63. The molecule has 0 unspecified atom stereocenters. The monoisotopic (exact) mass is 282 g/mol. The molecular formula is C15H10N2O4. The molecule has 104 valence electrons. The summed E-state index contributed by atoms with van der Waals surface area (Å²) in [5, 5.41) is 10.8. The zero-order valence-electron chi connectivity index (χ0n) is 11.1. The van der Waals surface area contributed by atoms with Crippen molar-refractivity contribution in [1.29, 1.82) is 0 Å². The number of nitro groups is 1. The van der Waals surface area contributed by atoms with E-state index in [9.17, 15) is 14.9 Å². The second-order valence-electron chi connectivity index (χ2n) is 4.63. The highest BCUT2D eigenvalue weighted by Gasteiger charge is 2.12. The number of nitro benzene ring substituents is 1. The summed E-state index contributed by atoms with van der Waals surface area (Å²) in [7, 11) is 0. The van der Waals surface area contributed by atoms with Crippen molar-refractivity contribution in [2.24, 2.45) is 0 Å². The standard InChI is InChI=1S/C15H10N2O4/c1-9-2-4-10(5-3-9)14-16-13-7-6-11(17(19)20)8-12(13)15(18)21-14/h2-8H,1H3. The fourth-order valence-corrected chi connectivity index (χ4v) is 1.99. The molecule has 1 heterocycles. The molecule has 0 N–H and O–H groups in total. The van der Waals surface area contributed by atoms with Crippen LogP contribution in [0.5, 0.6) is 0 Å². The van der Waals surface area contributed by atoms with Crippen LogP contribution < -0.4 is 5.63 Å². The summed E-state index contributed by atoms with van der Waals surface area (Å²) >= 11 is 0. The molecule has 3 aromatic rings. The van der Waals surface area contributed by atoms with Crippen molar-refractivity contribution < 1.29 is 9.34 Å². The molecule has 0 saturated heterocycles. The summed E-state index contributed by atoms with van der Waals surface area (Å²) in [6, 6.07) is 11.3. The lowest BCUT2D eigenvalue weighted by atomic mass is 10.1. The largest absolute Gasteiger partial charge is 0.403 e. The minimum atomic E-state index is -0.640. The number of non-ortho nitro benzene ring substituents is 1. The van der Waals surface area contributed by atoms with Crippen LogP contribution in [0.4, 0.5) is 5.69 Å². The molecule has 2 aromatic carbocycles. The van der Waals surface area contributed by atoms with Gasteiger partial charge in [0, 0.05) is 17.7 Å². The van der Waals surface area contributed by atoms with Gasteiger partial charge in [-0.25, -0.2) is 9.78 Å². The summed E-state index contributed by atoms with van der Waals surface area (Å²) < 4.78 is 5.16. The number of rotatable bonds is 2. The van der Waals surface area contributed by atoms with Gasteiger partial charge in [-0.1, -0.05) is 17.7 Å². The molecule has 1 aromatic heterocycles. The van der Waals surface area contributed by atoms with Crippen molar-refractivity contribution >= 4 is 16.6 Å². The highest BCUT2D eigenvalue weighted by molar-refractivity contribution is 5.81. The SMILES string of the molecule is Cc1ccc(-c2nc3ccc([N+](=O)[O-])cc3c(=O)o2)cc1. The van der Waals surface area contributed by atoms with Gasteiger partial charge in [-0.15, -0.1) is 0 Å². The molecule has 0 atom stereocenters. The Morgan fingerprint density at radius 2 is 1.86 bits per heavy atom. The van der Waals surface area contributed by atoms with Crippen LogP contribution in [-0.4, -0.2) is 9.91 Å². The quantitative estimate of drug-likeness (QED) is 0.532. The molecule has 0 bridgehead atoms. The zero-order chi connectivity index (χ0) is 15.0. The number of hydrogen-bond acceptors (Lipinski definition) is 5. The maximum atomic E-state index is 12.0. The Bertz CT molecular complexity index is 898. The third-order valence-corrected chi connectivity index (χ3v) is 3.12. The lowest BCUT2D eigenvalue weighted by molar-refractivity contribution is -0.384. The Morgan fingerprint density at radius 3 is 2.52 bits per heavy atom. The summed E-state index contributed by atoms with van der Waals surface area (Å²) in [4.78, 5) is 26.4. The molecule has 6 nitrogen and oxygen atoms in total. The molecule has 0 amide bonds. The average molecular weight is 282 g/mol.